The first-order chi connectivity index (χ1) is 31.7. The number of amides is 3. The van der Waals surface area contributed by atoms with E-state index in [9.17, 15) is 4.79 Å². The van der Waals surface area contributed by atoms with E-state index >= 15 is 14.4 Å². The molecule has 0 unspecified atom stereocenters. The average molecular weight is 922 g/mol. The molecule has 0 saturated heterocycles. The van der Waals surface area contributed by atoms with Gasteiger partial charge >= 0.3 is 12.1 Å². The quantitative estimate of drug-likeness (QED) is 0.0862. The lowest BCUT2D eigenvalue weighted by Crippen LogP contribution is -2.61. The molecule has 0 N–H and O–H groups in total. The summed E-state index contributed by atoms with van der Waals surface area (Å²) in [7, 11) is 1.92. The Labute approximate surface area is 400 Å². The van der Waals surface area contributed by atoms with Gasteiger partial charge in [-0.05, 0) is 61.0 Å². The molecule has 67 heavy (non-hydrogen) atoms. The van der Waals surface area contributed by atoms with Crippen LogP contribution in [0.3, 0.4) is 0 Å². The van der Waals surface area contributed by atoms with Gasteiger partial charge in [0.25, 0.3) is 8.32 Å². The van der Waals surface area contributed by atoms with Gasteiger partial charge in [0.1, 0.15) is 24.7 Å². The second-order valence-electron chi connectivity index (χ2n) is 20.8. The molecule has 0 aliphatic heterocycles. The Morgan fingerprint density at radius 2 is 0.881 bits per heavy atom. The van der Waals surface area contributed by atoms with E-state index in [1.165, 1.54) is 14.7 Å². The van der Waals surface area contributed by atoms with Crippen LogP contribution in [-0.2, 0) is 42.8 Å². The van der Waals surface area contributed by atoms with Gasteiger partial charge in [-0.3, -0.25) is 19.3 Å². The molecule has 10 heteroatoms. The van der Waals surface area contributed by atoms with Gasteiger partial charge in [0.15, 0.2) is 0 Å². The smallest absolute Gasteiger partial charge is 0.410 e. The Balaban J connectivity index is 1.34. The van der Waals surface area contributed by atoms with Crippen LogP contribution in [0.25, 0.3) is 11.1 Å². The number of ether oxygens (including phenoxy) is 1. The lowest BCUT2D eigenvalue weighted by Gasteiger charge is -2.51. The Kier molecular flexibility index (Phi) is 16.0. The zero-order valence-corrected chi connectivity index (χ0v) is 42.5. The number of rotatable bonds is 17. The van der Waals surface area contributed by atoms with E-state index < -0.39 is 50.3 Å². The van der Waals surface area contributed by atoms with Gasteiger partial charge in [-0.15, -0.1) is 0 Å². The molecule has 5 aromatic carbocycles. The molecular weight excluding hydrogens is 851 g/mol. The third-order valence-corrected chi connectivity index (χ3v) is 20.6. The van der Waals surface area contributed by atoms with E-state index in [1.807, 2.05) is 115 Å². The first kappa shape index (κ1) is 50.4. The summed E-state index contributed by atoms with van der Waals surface area (Å²) >= 11 is 0. The monoisotopic (exact) mass is 922 g/mol. The summed E-state index contributed by atoms with van der Waals surface area (Å²) in [6, 6.07) is 42.8. The van der Waals surface area contributed by atoms with Crippen LogP contribution in [0.5, 0.6) is 0 Å². The van der Waals surface area contributed by atoms with Crippen LogP contribution < -0.4 is 0 Å². The fourth-order valence-corrected chi connectivity index (χ4v) is 16.0. The molecule has 0 aromatic heterocycles. The number of carbonyl (C=O) groups excluding carboxylic acids is 4. The largest absolute Gasteiger partial charge is 0.516 e. The van der Waals surface area contributed by atoms with Gasteiger partial charge in [-0.1, -0.05) is 195 Å². The lowest BCUT2D eigenvalue weighted by atomic mass is 9.98. The number of likely N-dealkylation sites (N-methyl/N-ethyl adjacent to an activating group) is 3. The van der Waals surface area contributed by atoms with Gasteiger partial charge in [-0.25, -0.2) is 4.79 Å². The molecule has 0 bridgehead atoms. The number of hydrogen-bond acceptors (Lipinski definition) is 6. The van der Waals surface area contributed by atoms with E-state index in [-0.39, 0.29) is 47.8 Å². The molecule has 5 aromatic rings. The molecular formula is C57H71N3O6Si. The first-order valence-corrected chi connectivity index (χ1v) is 25.8. The lowest BCUT2D eigenvalue weighted by molar-refractivity contribution is -0.153. The minimum Gasteiger partial charge on any atom is -0.516 e. The van der Waals surface area contributed by atoms with E-state index in [4.69, 9.17) is 9.16 Å². The topological polar surface area (TPSA) is 96.5 Å². The molecule has 1 aliphatic rings. The summed E-state index contributed by atoms with van der Waals surface area (Å²) in [5.74, 6) is -1.19. The van der Waals surface area contributed by atoms with Crippen molar-refractivity contribution < 1.29 is 28.3 Å². The van der Waals surface area contributed by atoms with Crippen LogP contribution in [0.1, 0.15) is 89.1 Å². The number of hydrogen-bond donors (Lipinski definition) is 0. The summed E-state index contributed by atoms with van der Waals surface area (Å²) in [5.41, 5.74) is 6.96. The van der Waals surface area contributed by atoms with Crippen LogP contribution in [0.2, 0.25) is 16.1 Å². The maximum absolute atomic E-state index is 15.4. The van der Waals surface area contributed by atoms with Gasteiger partial charge in [0.05, 0.1) is 0 Å². The van der Waals surface area contributed by atoms with Crippen molar-refractivity contribution >= 4 is 32.2 Å². The first-order valence-electron chi connectivity index (χ1n) is 23.7. The van der Waals surface area contributed by atoms with Crippen LogP contribution in [0.15, 0.2) is 140 Å². The Hall–Kier alpha value is -6.00. The van der Waals surface area contributed by atoms with E-state index in [0.717, 1.165) is 45.0 Å². The second-order valence-corrected chi connectivity index (χ2v) is 26.0. The van der Waals surface area contributed by atoms with Crippen LogP contribution in [0.4, 0.5) is 4.79 Å². The Morgan fingerprint density at radius 3 is 1.28 bits per heavy atom. The molecule has 9 nitrogen and oxygen atoms in total. The van der Waals surface area contributed by atoms with Crippen molar-refractivity contribution in [3.8, 4) is 11.1 Å². The SMILES string of the molecule is CC(C)C[Si](OC(=O)[C@H](Cc1ccccc1)N(C)C(=O)[C@H](Cc1ccccc1)N(C)C(=O)[C@H](Cc1ccccc1)N(C)C(=O)OCC1c2ccccc2-c2ccccc21)(C(C)(C)C)C(C)(C)C. The van der Waals surface area contributed by atoms with Crippen molar-refractivity contribution in [3.63, 3.8) is 0 Å². The van der Waals surface area contributed by atoms with E-state index in [0.29, 0.717) is 0 Å². The highest BCUT2D eigenvalue weighted by molar-refractivity contribution is 6.80. The summed E-state index contributed by atoms with van der Waals surface area (Å²) in [6.45, 7) is 17.4. The number of benzene rings is 5. The Morgan fingerprint density at radius 1 is 0.522 bits per heavy atom. The van der Waals surface area contributed by atoms with Crippen LogP contribution in [-0.4, -0.2) is 92.8 Å². The molecule has 6 rings (SSSR count). The predicted octanol–water partition coefficient (Wildman–Crippen LogP) is 11.4. The molecule has 3 atom stereocenters. The fraction of sp³-hybridized carbons (Fsp3) is 0.404. The maximum atomic E-state index is 15.4. The normalized spacial score (nSPS) is 14.0. The third-order valence-electron chi connectivity index (χ3n) is 13.8. The van der Waals surface area contributed by atoms with Crippen LogP contribution in [0, 0.1) is 5.92 Å². The van der Waals surface area contributed by atoms with Gasteiger partial charge in [0, 0.05) is 46.3 Å². The summed E-state index contributed by atoms with van der Waals surface area (Å²) in [4.78, 5) is 64.4. The molecule has 0 radical (unpaired) electrons. The van der Waals surface area contributed by atoms with Gasteiger partial charge in [-0.2, -0.15) is 0 Å². The minimum absolute atomic E-state index is 0.0871. The van der Waals surface area contributed by atoms with E-state index in [1.54, 1.807) is 21.1 Å². The molecule has 3 amide bonds. The highest BCUT2D eigenvalue weighted by Crippen LogP contribution is 2.55. The molecule has 0 heterocycles. The van der Waals surface area contributed by atoms with Crippen molar-refractivity contribution in [1.82, 2.24) is 14.7 Å². The Bertz CT molecular complexity index is 2410. The third kappa shape index (κ3) is 11.4. The number of carbonyl (C=O) groups is 4. The number of fused-ring (bicyclic) bond motifs is 3. The molecule has 1 aliphatic carbocycles. The van der Waals surface area contributed by atoms with Crippen molar-refractivity contribution in [2.75, 3.05) is 27.7 Å². The zero-order chi connectivity index (χ0) is 48.7. The van der Waals surface area contributed by atoms with Crippen molar-refractivity contribution in [2.24, 2.45) is 5.92 Å². The molecule has 0 saturated carbocycles. The van der Waals surface area contributed by atoms with Gasteiger partial charge < -0.3 is 19.0 Å². The van der Waals surface area contributed by atoms with Crippen molar-refractivity contribution in [3.05, 3.63) is 167 Å². The standard InChI is InChI=1S/C57H71N3O6Si/c1-40(2)39-67(56(3,4)5,57(6,7)8)66-54(63)51(37-43-29-19-14-20-30-43)59(10)52(61)49(35-41-25-15-12-16-26-41)58(9)53(62)50(36-42-27-17-13-18-28-42)60(11)55(64)65-38-48-46-33-23-21-31-44(46)45-32-22-24-34-47(45)48/h12-34,40,48-51H,35-39H2,1-11H3/t49-,50-,51-/m0/s1. The summed E-state index contributed by atoms with van der Waals surface area (Å²) in [5, 5.41) is -0.638. The van der Waals surface area contributed by atoms with E-state index in [2.05, 4.69) is 79.7 Å². The summed E-state index contributed by atoms with van der Waals surface area (Å²) in [6.07, 6.45) is -0.0794. The predicted molar refractivity (Wildman–Crippen MR) is 271 cm³/mol. The average Bonchev–Trinajstić information content (AvgIpc) is 3.63. The minimum atomic E-state index is -2.94. The zero-order valence-electron chi connectivity index (χ0n) is 41.5. The molecule has 354 valence electrons. The summed E-state index contributed by atoms with van der Waals surface area (Å²) < 4.78 is 13.1. The maximum Gasteiger partial charge on any atom is 0.410 e. The fourth-order valence-electron chi connectivity index (χ4n) is 10.2. The van der Waals surface area contributed by atoms with Crippen LogP contribution >= 0.6 is 0 Å². The second kappa shape index (κ2) is 21.3. The van der Waals surface area contributed by atoms with Gasteiger partial charge in [0.2, 0.25) is 11.8 Å². The highest BCUT2D eigenvalue weighted by Gasteiger charge is 2.58. The molecule has 0 fully saturated rings. The van der Waals surface area contributed by atoms with Crippen molar-refractivity contribution in [1.29, 1.82) is 0 Å². The highest BCUT2D eigenvalue weighted by atomic mass is 28.4. The number of nitrogens with zero attached hydrogens (tertiary/aromatic N) is 3. The van der Waals surface area contributed by atoms with Crippen molar-refractivity contribution in [2.45, 2.75) is 115 Å². The molecule has 0 spiro atoms.